The Morgan fingerprint density at radius 2 is 1.85 bits per heavy atom. The number of esters is 1. The lowest BCUT2D eigenvalue weighted by molar-refractivity contribution is -0.122. The van der Waals surface area contributed by atoms with E-state index in [1.54, 1.807) is 54.6 Å². The van der Waals surface area contributed by atoms with Crippen molar-refractivity contribution in [1.82, 2.24) is 5.32 Å². The summed E-state index contributed by atoms with van der Waals surface area (Å²) in [6, 6.07) is 15.1. The Kier molecular flexibility index (Phi) is 6.13. The van der Waals surface area contributed by atoms with Crippen LogP contribution in [0.25, 0.3) is 17.4 Å². The van der Waals surface area contributed by atoms with Crippen molar-refractivity contribution in [3.8, 4) is 11.3 Å². The van der Waals surface area contributed by atoms with Crippen LogP contribution in [0.3, 0.4) is 0 Å². The second-order valence-corrected chi connectivity index (χ2v) is 7.96. The highest BCUT2D eigenvalue weighted by molar-refractivity contribution is 7.80. The van der Waals surface area contributed by atoms with Crippen molar-refractivity contribution in [2.45, 2.75) is 6.92 Å². The number of amides is 2. The van der Waals surface area contributed by atoms with Gasteiger partial charge in [-0.2, -0.15) is 0 Å². The molecule has 1 aromatic heterocycles. The van der Waals surface area contributed by atoms with E-state index in [1.165, 1.54) is 18.1 Å². The summed E-state index contributed by atoms with van der Waals surface area (Å²) in [5, 5.41) is 2.96. The third-order valence-electron chi connectivity index (χ3n) is 5.02. The van der Waals surface area contributed by atoms with Crippen LogP contribution in [0.5, 0.6) is 0 Å². The van der Waals surface area contributed by atoms with Crippen molar-refractivity contribution in [1.29, 1.82) is 0 Å². The number of anilines is 1. The monoisotopic (exact) mass is 480 g/mol. The predicted molar refractivity (Wildman–Crippen MR) is 128 cm³/mol. The summed E-state index contributed by atoms with van der Waals surface area (Å²) in [5.74, 6) is -0.857. The zero-order valence-electron chi connectivity index (χ0n) is 17.5. The van der Waals surface area contributed by atoms with Gasteiger partial charge >= 0.3 is 5.97 Å². The Bertz CT molecular complexity index is 1330. The fourth-order valence-electron chi connectivity index (χ4n) is 3.23. The second-order valence-electron chi connectivity index (χ2n) is 7.16. The van der Waals surface area contributed by atoms with E-state index in [0.717, 1.165) is 5.56 Å². The Morgan fingerprint density at radius 1 is 1.12 bits per heavy atom. The molecule has 3 aromatic rings. The topological polar surface area (TPSA) is 88.9 Å². The van der Waals surface area contributed by atoms with E-state index >= 15 is 0 Å². The number of furan rings is 1. The highest BCUT2D eigenvalue weighted by atomic mass is 35.5. The van der Waals surface area contributed by atoms with E-state index in [-0.39, 0.29) is 10.7 Å². The van der Waals surface area contributed by atoms with Crippen LogP contribution in [-0.4, -0.2) is 30.0 Å². The smallest absolute Gasteiger partial charge is 0.337 e. The van der Waals surface area contributed by atoms with Crippen molar-refractivity contribution < 1.29 is 23.5 Å². The number of ether oxygens (including phenoxy) is 1. The maximum atomic E-state index is 13.1. The van der Waals surface area contributed by atoms with E-state index in [0.29, 0.717) is 33.4 Å². The lowest BCUT2D eigenvalue weighted by atomic mass is 10.1. The first kappa shape index (κ1) is 22.4. The highest BCUT2D eigenvalue weighted by Crippen LogP contribution is 2.28. The maximum Gasteiger partial charge on any atom is 0.337 e. The van der Waals surface area contributed by atoms with E-state index in [2.05, 4.69) is 5.32 Å². The van der Waals surface area contributed by atoms with E-state index < -0.39 is 17.8 Å². The number of rotatable bonds is 4. The van der Waals surface area contributed by atoms with Gasteiger partial charge in [-0.3, -0.25) is 19.8 Å². The van der Waals surface area contributed by atoms with Crippen LogP contribution in [0.4, 0.5) is 5.69 Å². The summed E-state index contributed by atoms with van der Waals surface area (Å²) in [5.41, 5.74) is 2.27. The van der Waals surface area contributed by atoms with Crippen molar-refractivity contribution in [3.05, 3.63) is 82.1 Å². The number of carbonyl (C=O) groups is 3. The van der Waals surface area contributed by atoms with Gasteiger partial charge in [-0.05, 0) is 67.2 Å². The summed E-state index contributed by atoms with van der Waals surface area (Å²) in [4.78, 5) is 38.4. The van der Waals surface area contributed by atoms with E-state index in [4.69, 9.17) is 33.0 Å². The van der Waals surface area contributed by atoms with Crippen molar-refractivity contribution >= 4 is 58.5 Å². The van der Waals surface area contributed by atoms with Crippen LogP contribution in [0.15, 0.2) is 64.6 Å². The fourth-order valence-corrected chi connectivity index (χ4v) is 3.68. The zero-order valence-corrected chi connectivity index (χ0v) is 19.1. The molecule has 0 unspecified atom stereocenters. The normalized spacial score (nSPS) is 15.1. The van der Waals surface area contributed by atoms with Crippen LogP contribution in [0.2, 0.25) is 5.02 Å². The van der Waals surface area contributed by atoms with Gasteiger partial charge in [-0.1, -0.05) is 29.8 Å². The lowest BCUT2D eigenvalue weighted by Crippen LogP contribution is -2.54. The molecule has 1 aliphatic rings. The Hall–Kier alpha value is -3.75. The van der Waals surface area contributed by atoms with Crippen LogP contribution >= 0.6 is 23.8 Å². The van der Waals surface area contributed by atoms with Crippen LogP contribution in [-0.2, 0) is 14.3 Å². The molecule has 33 heavy (non-hydrogen) atoms. The SMILES string of the molecule is COC(=O)c1ccc(-c2ccc(/C=C3\C(=O)NC(=S)N(c4ccc(C)c(Cl)c4)C3=O)o2)cc1. The number of hydrogen-bond acceptors (Lipinski definition) is 6. The van der Waals surface area contributed by atoms with Gasteiger partial charge in [0.2, 0.25) is 0 Å². The van der Waals surface area contributed by atoms with Crippen LogP contribution < -0.4 is 10.2 Å². The molecule has 9 heteroatoms. The number of benzene rings is 2. The second kappa shape index (κ2) is 9.01. The number of nitrogens with one attached hydrogen (secondary N) is 1. The molecule has 2 heterocycles. The molecular formula is C24H17ClN2O5S. The first-order valence-corrected chi connectivity index (χ1v) is 10.5. The zero-order chi connectivity index (χ0) is 23.7. The molecule has 1 saturated heterocycles. The number of aryl methyl sites for hydroxylation is 1. The number of thiocarbonyl (C=S) groups is 1. The molecule has 0 saturated carbocycles. The average Bonchev–Trinajstić information content (AvgIpc) is 3.27. The minimum Gasteiger partial charge on any atom is -0.465 e. The third kappa shape index (κ3) is 4.44. The lowest BCUT2D eigenvalue weighted by Gasteiger charge is -2.29. The van der Waals surface area contributed by atoms with Gasteiger partial charge in [-0.15, -0.1) is 0 Å². The van der Waals surface area contributed by atoms with Gasteiger partial charge in [0, 0.05) is 10.6 Å². The molecule has 0 spiro atoms. The molecule has 1 aliphatic heterocycles. The highest BCUT2D eigenvalue weighted by Gasteiger charge is 2.35. The molecule has 166 valence electrons. The average molecular weight is 481 g/mol. The number of carbonyl (C=O) groups excluding carboxylic acids is 3. The Labute approximate surface area is 199 Å². The minimum atomic E-state index is -0.625. The number of nitrogens with zero attached hydrogens (tertiary/aromatic N) is 1. The van der Waals surface area contributed by atoms with Crippen LogP contribution in [0, 0.1) is 6.92 Å². The van der Waals surface area contributed by atoms with Gasteiger partial charge in [0.25, 0.3) is 11.8 Å². The van der Waals surface area contributed by atoms with Crippen molar-refractivity contribution in [3.63, 3.8) is 0 Å². The summed E-state index contributed by atoms with van der Waals surface area (Å²) >= 11 is 11.4. The summed E-state index contributed by atoms with van der Waals surface area (Å²) < 4.78 is 10.5. The van der Waals surface area contributed by atoms with Crippen LogP contribution in [0.1, 0.15) is 21.7 Å². The maximum absolute atomic E-state index is 13.1. The number of methoxy groups -OCH3 is 1. The standard InChI is InChI=1S/C24H17ClN2O5S/c1-13-3-8-16(11-19(13)25)27-22(29)18(21(28)26-24(27)33)12-17-9-10-20(32-17)14-4-6-15(7-5-14)23(30)31-2/h3-12H,1-2H3,(H,26,28,33)/b18-12+. The van der Waals surface area contributed by atoms with Gasteiger partial charge in [0.1, 0.15) is 17.1 Å². The van der Waals surface area contributed by atoms with Crippen molar-refractivity contribution in [2.75, 3.05) is 12.0 Å². The molecule has 0 aliphatic carbocycles. The quantitative estimate of drug-likeness (QED) is 0.255. The van der Waals surface area contributed by atoms with Gasteiger partial charge in [0.15, 0.2) is 5.11 Å². The van der Waals surface area contributed by atoms with E-state index in [9.17, 15) is 14.4 Å². The number of halogens is 1. The summed E-state index contributed by atoms with van der Waals surface area (Å²) in [7, 11) is 1.31. The Morgan fingerprint density at radius 3 is 2.52 bits per heavy atom. The first-order chi connectivity index (χ1) is 15.8. The number of hydrogen-bond donors (Lipinski definition) is 1. The molecular weight excluding hydrogens is 464 g/mol. The molecule has 0 radical (unpaired) electrons. The molecule has 0 bridgehead atoms. The fraction of sp³-hybridized carbons (Fsp3) is 0.0833. The molecule has 7 nitrogen and oxygen atoms in total. The molecule has 2 amide bonds. The summed E-state index contributed by atoms with van der Waals surface area (Å²) in [6.07, 6.45) is 1.36. The third-order valence-corrected chi connectivity index (χ3v) is 5.71. The van der Waals surface area contributed by atoms with E-state index in [1.807, 2.05) is 6.92 Å². The van der Waals surface area contributed by atoms with Crippen molar-refractivity contribution in [2.24, 2.45) is 0 Å². The summed E-state index contributed by atoms with van der Waals surface area (Å²) in [6.45, 7) is 1.84. The predicted octanol–water partition coefficient (Wildman–Crippen LogP) is 4.53. The largest absolute Gasteiger partial charge is 0.465 e. The molecule has 2 aromatic carbocycles. The molecule has 4 rings (SSSR count). The minimum absolute atomic E-state index is 0.0344. The first-order valence-electron chi connectivity index (χ1n) is 9.74. The van der Waals surface area contributed by atoms with Gasteiger partial charge < -0.3 is 9.15 Å². The van der Waals surface area contributed by atoms with Gasteiger partial charge in [-0.25, -0.2) is 4.79 Å². The van der Waals surface area contributed by atoms with Gasteiger partial charge in [0.05, 0.1) is 18.4 Å². The molecule has 1 fully saturated rings. The molecule has 1 N–H and O–H groups in total. The Balaban J connectivity index is 1.63. The molecule has 0 atom stereocenters.